The van der Waals surface area contributed by atoms with Crippen molar-refractivity contribution >= 4 is 0 Å². The van der Waals surface area contributed by atoms with E-state index in [0.717, 1.165) is 0 Å². The zero-order chi connectivity index (χ0) is 10.6. The fraction of sp³-hybridized carbons (Fsp3) is 0.571. The predicted octanol–water partition coefficient (Wildman–Crippen LogP) is -1.93. The molecular weight excluding hydrogens is 190 g/mol. The third-order valence-corrected chi connectivity index (χ3v) is 1.59. The Labute approximate surface area is 79.5 Å². The van der Waals surface area contributed by atoms with Crippen LogP contribution >= 0.6 is 0 Å². The second-order valence-corrected chi connectivity index (χ2v) is 2.43. The summed E-state index contributed by atoms with van der Waals surface area (Å²) in [6.45, 7) is 1.01. The largest absolute Gasteiger partial charge is 0.393 e. The van der Waals surface area contributed by atoms with E-state index in [1.54, 1.807) is 6.92 Å². The van der Waals surface area contributed by atoms with Crippen LogP contribution in [0, 0.1) is 0 Å². The molecule has 0 unspecified atom stereocenters. The summed E-state index contributed by atoms with van der Waals surface area (Å²) in [6.07, 6.45) is 0. The van der Waals surface area contributed by atoms with Crippen LogP contribution < -0.4 is 10.4 Å². The summed E-state index contributed by atoms with van der Waals surface area (Å²) in [7, 11) is 0. The fourth-order valence-corrected chi connectivity index (χ4v) is 0.927. The molecule has 0 saturated carbocycles. The molecule has 14 heavy (non-hydrogen) atoms. The van der Waals surface area contributed by atoms with Crippen LogP contribution in [0.3, 0.4) is 0 Å². The van der Waals surface area contributed by atoms with Gasteiger partial charge in [-0.25, -0.2) is 0 Å². The minimum atomic E-state index is -0.603. The Morgan fingerprint density at radius 3 is 2.64 bits per heavy atom. The Hall–Kier alpha value is -1.47. The van der Waals surface area contributed by atoms with E-state index in [0.29, 0.717) is 4.85 Å². The molecule has 0 aliphatic rings. The summed E-state index contributed by atoms with van der Waals surface area (Å²) >= 11 is 0. The van der Waals surface area contributed by atoms with Crippen LogP contribution in [0.1, 0.15) is 18.2 Å². The van der Waals surface area contributed by atoms with Crippen molar-refractivity contribution in [3.8, 4) is 0 Å². The van der Waals surface area contributed by atoms with Gasteiger partial charge in [0.25, 0.3) is 0 Å². The minimum absolute atomic E-state index is 0.00375. The van der Waals surface area contributed by atoms with E-state index in [-0.39, 0.29) is 17.9 Å². The molecule has 1 heterocycles. The number of aromatic nitrogens is 3. The smallest absolute Gasteiger partial charge is 0.312 e. The Bertz CT molecular complexity index is 362. The average Bonchev–Trinajstić information content (AvgIpc) is 2.21. The third kappa shape index (κ3) is 1.88. The quantitative estimate of drug-likeness (QED) is 0.588. The van der Waals surface area contributed by atoms with Crippen LogP contribution in [0.2, 0.25) is 0 Å². The van der Waals surface area contributed by atoms with Crippen LogP contribution in [0.25, 0.3) is 0 Å². The molecule has 0 radical (unpaired) electrons. The molecule has 0 saturated heterocycles. The van der Waals surface area contributed by atoms with Crippen molar-refractivity contribution in [2.75, 3.05) is 6.61 Å². The van der Waals surface area contributed by atoms with Crippen molar-refractivity contribution in [2.24, 2.45) is 0 Å². The molecule has 0 fully saturated rings. The second kappa shape index (κ2) is 4.68. The molecule has 78 valence electrons. The van der Waals surface area contributed by atoms with Gasteiger partial charge in [0, 0.05) is 0 Å². The molecule has 1 aromatic rings. The van der Waals surface area contributed by atoms with E-state index in [1.165, 1.54) is 0 Å². The molecule has 0 bridgehead atoms. The topological polar surface area (TPSA) is 97.5 Å². The van der Waals surface area contributed by atoms with Gasteiger partial charge < -0.3 is 15.1 Å². The van der Waals surface area contributed by atoms with Gasteiger partial charge in [-0.1, -0.05) is 0 Å². The molecule has 0 aliphatic heterocycles. The van der Waals surface area contributed by atoms with Crippen LogP contribution in [0.15, 0.2) is 4.79 Å². The SMILES string of the molecule is CCOn1nnc(CO)c(CO)c1=O. The lowest BCUT2D eigenvalue weighted by molar-refractivity contribution is 0.0704. The number of hydrogen-bond donors (Lipinski definition) is 2. The van der Waals surface area contributed by atoms with Crippen LogP contribution in [-0.4, -0.2) is 32.0 Å². The van der Waals surface area contributed by atoms with Crippen LogP contribution in [0.4, 0.5) is 0 Å². The first-order valence-electron chi connectivity index (χ1n) is 4.07. The molecule has 7 heteroatoms. The number of nitrogens with zero attached hydrogens (tertiary/aromatic N) is 3. The zero-order valence-electron chi connectivity index (χ0n) is 7.67. The predicted molar refractivity (Wildman–Crippen MR) is 45.3 cm³/mol. The number of hydrogen-bond acceptors (Lipinski definition) is 6. The standard InChI is InChI=1S/C7H11N3O4/c1-2-14-10-7(13)5(3-11)6(4-12)8-9-10/h11-12H,2-4H2,1H3. The summed E-state index contributed by atoms with van der Waals surface area (Å²) in [6, 6.07) is 0. The first kappa shape index (κ1) is 10.6. The van der Waals surface area contributed by atoms with Crippen molar-refractivity contribution in [3.05, 3.63) is 21.6 Å². The molecule has 0 atom stereocenters. The third-order valence-electron chi connectivity index (χ3n) is 1.59. The van der Waals surface area contributed by atoms with Gasteiger partial charge in [0.15, 0.2) is 0 Å². The fourth-order valence-electron chi connectivity index (χ4n) is 0.927. The van der Waals surface area contributed by atoms with Gasteiger partial charge in [0.2, 0.25) is 0 Å². The van der Waals surface area contributed by atoms with Gasteiger partial charge in [0.1, 0.15) is 12.3 Å². The highest BCUT2D eigenvalue weighted by Gasteiger charge is 2.11. The van der Waals surface area contributed by atoms with E-state index in [9.17, 15) is 4.79 Å². The van der Waals surface area contributed by atoms with E-state index < -0.39 is 18.8 Å². The maximum Gasteiger partial charge on any atom is 0.312 e. The Kier molecular flexibility index (Phi) is 3.55. The highest BCUT2D eigenvalue weighted by Crippen LogP contribution is 1.97. The Morgan fingerprint density at radius 2 is 2.14 bits per heavy atom. The van der Waals surface area contributed by atoms with E-state index in [4.69, 9.17) is 15.1 Å². The molecular formula is C7H11N3O4. The molecule has 1 aromatic heterocycles. The van der Waals surface area contributed by atoms with Crippen molar-refractivity contribution in [3.63, 3.8) is 0 Å². The average molecular weight is 201 g/mol. The maximum absolute atomic E-state index is 11.4. The lowest BCUT2D eigenvalue weighted by atomic mass is 10.2. The van der Waals surface area contributed by atoms with Crippen molar-refractivity contribution < 1.29 is 15.1 Å². The number of rotatable bonds is 4. The summed E-state index contributed by atoms with van der Waals surface area (Å²) < 4.78 is 0. The highest BCUT2D eigenvalue weighted by atomic mass is 16.7. The summed E-state index contributed by atoms with van der Waals surface area (Å²) in [5.41, 5.74) is -0.544. The maximum atomic E-state index is 11.4. The van der Waals surface area contributed by atoms with Crippen molar-refractivity contribution in [1.82, 2.24) is 15.2 Å². The van der Waals surface area contributed by atoms with Crippen molar-refractivity contribution in [1.29, 1.82) is 0 Å². The molecule has 7 nitrogen and oxygen atoms in total. The van der Waals surface area contributed by atoms with E-state index in [1.807, 2.05) is 0 Å². The molecule has 2 N–H and O–H groups in total. The van der Waals surface area contributed by atoms with Crippen molar-refractivity contribution in [2.45, 2.75) is 20.1 Å². The Balaban J connectivity index is 3.21. The molecule has 0 amide bonds. The monoisotopic (exact) mass is 201 g/mol. The lowest BCUT2D eigenvalue weighted by Gasteiger charge is -2.06. The first-order chi connectivity index (χ1) is 6.74. The van der Waals surface area contributed by atoms with Gasteiger partial charge in [0.05, 0.1) is 18.8 Å². The Morgan fingerprint density at radius 1 is 1.43 bits per heavy atom. The zero-order valence-corrected chi connectivity index (χ0v) is 7.67. The van der Waals surface area contributed by atoms with Gasteiger partial charge in [-0.3, -0.25) is 4.79 Å². The highest BCUT2D eigenvalue weighted by molar-refractivity contribution is 5.12. The van der Waals surface area contributed by atoms with Gasteiger partial charge in [-0.2, -0.15) is 0 Å². The number of aliphatic hydroxyl groups is 2. The molecule has 0 spiro atoms. The van der Waals surface area contributed by atoms with E-state index >= 15 is 0 Å². The number of aliphatic hydroxyl groups excluding tert-OH is 2. The summed E-state index contributed by atoms with van der Waals surface area (Å²) in [5, 5.41) is 24.6. The van der Waals surface area contributed by atoms with Gasteiger partial charge in [-0.05, 0) is 17.0 Å². The normalized spacial score (nSPS) is 10.2. The van der Waals surface area contributed by atoms with Crippen LogP contribution in [-0.2, 0) is 13.2 Å². The van der Waals surface area contributed by atoms with Gasteiger partial charge >= 0.3 is 5.56 Å². The lowest BCUT2D eigenvalue weighted by Crippen LogP contribution is -2.34. The molecule has 0 aromatic carbocycles. The van der Waals surface area contributed by atoms with Crippen LogP contribution in [0.5, 0.6) is 0 Å². The summed E-state index contributed by atoms with van der Waals surface area (Å²) in [5.74, 6) is 0. The van der Waals surface area contributed by atoms with Gasteiger partial charge in [-0.15, -0.1) is 5.10 Å². The van der Waals surface area contributed by atoms with E-state index in [2.05, 4.69) is 10.3 Å². The first-order valence-corrected chi connectivity index (χ1v) is 4.07. The second-order valence-electron chi connectivity index (χ2n) is 2.43. The summed E-state index contributed by atoms with van der Waals surface area (Å²) in [4.78, 5) is 16.9. The molecule has 1 rings (SSSR count). The minimum Gasteiger partial charge on any atom is -0.393 e. The molecule has 0 aliphatic carbocycles.